The molecular weight excluding hydrogens is 320 g/mol. The van der Waals surface area contributed by atoms with E-state index in [9.17, 15) is 4.79 Å². The third-order valence-electron chi connectivity index (χ3n) is 3.71. The Hall–Kier alpha value is -1.87. The maximum atomic E-state index is 11.5. The Morgan fingerprint density at radius 2 is 1.96 bits per heavy atom. The van der Waals surface area contributed by atoms with E-state index in [2.05, 4.69) is 60.6 Å². The van der Waals surface area contributed by atoms with Crippen molar-refractivity contribution in [1.82, 2.24) is 0 Å². The van der Waals surface area contributed by atoms with Crippen molar-refractivity contribution in [1.29, 1.82) is 0 Å². The first-order chi connectivity index (χ1) is 11.1. The van der Waals surface area contributed by atoms with Crippen molar-refractivity contribution in [3.8, 4) is 0 Å². The van der Waals surface area contributed by atoms with Crippen molar-refractivity contribution in [2.45, 2.75) is 26.4 Å². The second kappa shape index (κ2) is 8.11. The van der Waals surface area contributed by atoms with Crippen LogP contribution in [0.25, 0.3) is 5.20 Å². The molecule has 0 saturated carbocycles. The maximum absolute atomic E-state index is 11.5. The fraction of sp³-hybridized carbons (Fsp3) is 0.263. The van der Waals surface area contributed by atoms with Crippen LogP contribution in [-0.4, -0.2) is 20.7 Å². The molecule has 2 nitrogen and oxygen atoms in total. The largest absolute Gasteiger partial charge is 0.466 e. The quantitative estimate of drug-likeness (QED) is 0.442. The van der Waals surface area contributed by atoms with Crippen LogP contribution < -0.4 is 5.19 Å². The molecule has 0 aliphatic carbocycles. The third-order valence-corrected chi connectivity index (χ3v) is 8.22. The molecule has 0 bridgehead atoms. The molecule has 0 aliphatic rings. The number of hydrogen-bond acceptors (Lipinski definition) is 3. The summed E-state index contributed by atoms with van der Waals surface area (Å²) in [6.07, 6.45) is 2.08. The number of benzene rings is 1. The Morgan fingerprint density at radius 3 is 2.57 bits per heavy atom. The van der Waals surface area contributed by atoms with Gasteiger partial charge in [-0.3, -0.25) is 4.79 Å². The minimum Gasteiger partial charge on any atom is -0.466 e. The molecular formula is C19H22O2SSi. The average molecular weight is 343 g/mol. The minimum absolute atomic E-state index is 0.204. The summed E-state index contributed by atoms with van der Waals surface area (Å²) in [6, 6.07) is 14.8. The molecule has 1 aromatic heterocycles. The van der Waals surface area contributed by atoms with Crippen LogP contribution >= 0.6 is 11.3 Å². The van der Waals surface area contributed by atoms with Crippen molar-refractivity contribution in [3.05, 3.63) is 64.5 Å². The van der Waals surface area contributed by atoms with Gasteiger partial charge < -0.3 is 4.74 Å². The third kappa shape index (κ3) is 4.55. The number of esters is 1. The number of rotatable bonds is 6. The first kappa shape index (κ1) is 17.5. The summed E-state index contributed by atoms with van der Waals surface area (Å²) < 4.78 is 4.98. The lowest BCUT2D eigenvalue weighted by molar-refractivity contribution is -0.142. The van der Waals surface area contributed by atoms with Crippen molar-refractivity contribution < 1.29 is 9.53 Å². The summed E-state index contributed by atoms with van der Waals surface area (Å²) >= 11 is 1.72. The summed E-state index contributed by atoms with van der Waals surface area (Å²) in [4.78, 5) is 12.8. The molecule has 1 heterocycles. The van der Waals surface area contributed by atoms with Crippen LogP contribution in [0.3, 0.4) is 0 Å². The maximum Gasteiger partial charge on any atom is 0.310 e. The minimum atomic E-state index is -1.87. The van der Waals surface area contributed by atoms with Gasteiger partial charge in [-0.1, -0.05) is 54.7 Å². The van der Waals surface area contributed by atoms with E-state index in [1.54, 1.807) is 11.3 Å². The van der Waals surface area contributed by atoms with Gasteiger partial charge in [0.25, 0.3) is 0 Å². The van der Waals surface area contributed by atoms with E-state index in [0.717, 1.165) is 0 Å². The Kier molecular flexibility index (Phi) is 6.17. The van der Waals surface area contributed by atoms with E-state index >= 15 is 0 Å². The zero-order chi connectivity index (χ0) is 16.7. The molecule has 0 fully saturated rings. The lowest BCUT2D eigenvalue weighted by Gasteiger charge is -2.24. The molecule has 1 aromatic carbocycles. The number of carbonyl (C=O) groups excluding carboxylic acids is 1. The molecule has 2 rings (SSSR count). The van der Waals surface area contributed by atoms with Crippen LogP contribution in [0.15, 0.2) is 59.7 Å². The number of carbonyl (C=O) groups is 1. The van der Waals surface area contributed by atoms with Crippen molar-refractivity contribution in [2.75, 3.05) is 6.61 Å². The van der Waals surface area contributed by atoms with Gasteiger partial charge in [-0.15, -0.1) is 17.1 Å². The fourth-order valence-corrected chi connectivity index (χ4v) is 6.49. The summed E-state index contributed by atoms with van der Waals surface area (Å²) in [7, 11) is -1.87. The van der Waals surface area contributed by atoms with Crippen LogP contribution in [-0.2, 0) is 9.53 Å². The lowest BCUT2D eigenvalue weighted by Crippen LogP contribution is -2.42. The number of hydrogen-bond donors (Lipinski definition) is 0. The van der Waals surface area contributed by atoms with Gasteiger partial charge in [0.05, 0.1) is 13.0 Å². The van der Waals surface area contributed by atoms with Gasteiger partial charge in [0.2, 0.25) is 0 Å². The smallest absolute Gasteiger partial charge is 0.310 e. The second-order valence-electron chi connectivity index (χ2n) is 5.70. The molecule has 0 saturated heterocycles. The lowest BCUT2D eigenvalue weighted by atomic mass is 10.3. The first-order valence-electron chi connectivity index (χ1n) is 7.76. The van der Waals surface area contributed by atoms with E-state index in [4.69, 9.17) is 4.74 Å². The van der Waals surface area contributed by atoms with Gasteiger partial charge >= 0.3 is 5.97 Å². The SMILES string of the molecule is CCOC(=O)CC=C=C(c1cccs1)[Si](C)(C)c1ccccc1. The fourth-order valence-electron chi connectivity index (χ4n) is 2.44. The van der Waals surface area contributed by atoms with Crippen molar-refractivity contribution in [3.63, 3.8) is 0 Å². The van der Waals surface area contributed by atoms with Gasteiger partial charge in [-0.05, 0) is 24.4 Å². The van der Waals surface area contributed by atoms with Crippen molar-refractivity contribution >= 4 is 35.8 Å². The van der Waals surface area contributed by atoms with E-state index in [1.807, 2.05) is 19.1 Å². The summed E-state index contributed by atoms with van der Waals surface area (Å²) in [5.74, 6) is -0.204. The summed E-state index contributed by atoms with van der Waals surface area (Å²) in [5.41, 5.74) is 3.41. The normalized spacial score (nSPS) is 10.7. The molecule has 0 amide bonds. The monoisotopic (exact) mass is 342 g/mol. The molecule has 0 spiro atoms. The second-order valence-corrected chi connectivity index (χ2v) is 11.0. The summed E-state index contributed by atoms with van der Waals surface area (Å²) in [6.45, 7) is 6.88. The van der Waals surface area contributed by atoms with E-state index < -0.39 is 8.07 Å². The Morgan fingerprint density at radius 1 is 1.22 bits per heavy atom. The molecule has 0 radical (unpaired) electrons. The van der Waals surface area contributed by atoms with E-state index in [0.29, 0.717) is 6.61 Å². The van der Waals surface area contributed by atoms with Crippen LogP contribution in [0.2, 0.25) is 13.1 Å². The number of ether oxygens (including phenoxy) is 1. The Balaban J connectivity index is 2.39. The molecule has 0 unspecified atom stereocenters. The van der Waals surface area contributed by atoms with Gasteiger partial charge in [0, 0.05) is 10.1 Å². The zero-order valence-electron chi connectivity index (χ0n) is 13.8. The van der Waals surface area contributed by atoms with Crippen LogP contribution in [0.5, 0.6) is 0 Å². The number of thiophene rings is 1. The molecule has 4 heteroatoms. The molecule has 0 aliphatic heterocycles. The molecule has 0 N–H and O–H groups in total. The molecule has 2 aromatic rings. The predicted octanol–water partition coefficient (Wildman–Crippen LogP) is 4.39. The highest BCUT2D eigenvalue weighted by atomic mass is 32.1. The topological polar surface area (TPSA) is 26.3 Å². The van der Waals surface area contributed by atoms with E-state index in [1.165, 1.54) is 15.3 Å². The van der Waals surface area contributed by atoms with Crippen LogP contribution in [0, 0.1) is 0 Å². The molecule has 120 valence electrons. The van der Waals surface area contributed by atoms with Crippen molar-refractivity contribution in [2.24, 2.45) is 0 Å². The Bertz CT molecular complexity index is 696. The zero-order valence-corrected chi connectivity index (χ0v) is 15.7. The predicted molar refractivity (Wildman–Crippen MR) is 101 cm³/mol. The standard InChI is InChI=1S/C19H22O2SSi/c1-4-21-19(20)14-8-13-18(17-12-9-15-22-17)23(2,3)16-10-6-5-7-11-16/h5-12,15H,4,14H2,1-3H3. The van der Waals surface area contributed by atoms with Gasteiger partial charge in [0.15, 0.2) is 0 Å². The van der Waals surface area contributed by atoms with Crippen LogP contribution in [0.1, 0.15) is 18.2 Å². The van der Waals surface area contributed by atoms with Gasteiger partial charge in [-0.25, -0.2) is 0 Å². The molecule has 23 heavy (non-hydrogen) atoms. The highest BCUT2D eigenvalue weighted by Crippen LogP contribution is 2.28. The van der Waals surface area contributed by atoms with Crippen LogP contribution in [0.4, 0.5) is 0 Å². The van der Waals surface area contributed by atoms with E-state index in [-0.39, 0.29) is 12.4 Å². The van der Waals surface area contributed by atoms with Gasteiger partial charge in [0.1, 0.15) is 8.07 Å². The highest BCUT2D eigenvalue weighted by Gasteiger charge is 2.29. The van der Waals surface area contributed by atoms with Gasteiger partial charge in [-0.2, -0.15) is 0 Å². The summed E-state index contributed by atoms with van der Waals surface area (Å²) in [5, 5.41) is 4.67. The molecule has 0 atom stereocenters. The average Bonchev–Trinajstić information content (AvgIpc) is 3.06. The Labute approximate surface area is 143 Å². The first-order valence-corrected chi connectivity index (χ1v) is 11.6. The highest BCUT2D eigenvalue weighted by molar-refractivity contribution is 7.16.